The molecule has 0 saturated carbocycles. The highest BCUT2D eigenvalue weighted by molar-refractivity contribution is 6.31. The third-order valence-electron chi connectivity index (χ3n) is 5.48. The Balaban J connectivity index is 0.00000109. The normalized spacial score (nSPS) is 16.6. The van der Waals surface area contributed by atoms with Crippen LogP contribution in [0.5, 0.6) is 0 Å². The lowest BCUT2D eigenvalue weighted by atomic mass is 9.66. The van der Waals surface area contributed by atoms with E-state index in [9.17, 15) is 0 Å². The summed E-state index contributed by atoms with van der Waals surface area (Å²) in [5.41, 5.74) is 20.2. The minimum absolute atomic E-state index is 0.147. The van der Waals surface area contributed by atoms with Crippen molar-refractivity contribution in [3.63, 3.8) is 0 Å². The zero-order chi connectivity index (χ0) is 20.3. The summed E-state index contributed by atoms with van der Waals surface area (Å²) in [6.45, 7) is 2.07. The third kappa shape index (κ3) is 3.60. The van der Waals surface area contributed by atoms with Crippen molar-refractivity contribution in [1.82, 2.24) is 0 Å². The second-order valence-electron chi connectivity index (χ2n) is 6.94. The standard InChI is InChI=1S/C20H21Cl2N3O.H2N2/c21-13-1-3-17-15(11-13)20(6-9-26-10-7-20)16-12-14(22)2-4-18(16)25(17)8-5-19(23)24;1-2/h1-4,11-12H,5-10H2,(H3,23,24);1-2H. The first-order valence-electron chi connectivity index (χ1n) is 9.04. The van der Waals surface area contributed by atoms with Gasteiger partial charge in [0.05, 0.1) is 5.84 Å². The van der Waals surface area contributed by atoms with Gasteiger partial charge in [-0.25, -0.2) is 11.1 Å². The van der Waals surface area contributed by atoms with Gasteiger partial charge < -0.3 is 15.4 Å². The summed E-state index contributed by atoms with van der Waals surface area (Å²) in [6.07, 6.45) is 2.29. The molecule has 28 heavy (non-hydrogen) atoms. The topological polar surface area (TPSA) is 110 Å². The molecule has 0 radical (unpaired) electrons. The predicted octanol–water partition coefficient (Wildman–Crippen LogP) is 5.46. The summed E-state index contributed by atoms with van der Waals surface area (Å²) in [5, 5.41) is 9.09. The summed E-state index contributed by atoms with van der Waals surface area (Å²) in [4.78, 5) is 2.24. The van der Waals surface area contributed by atoms with Gasteiger partial charge in [0.1, 0.15) is 0 Å². The van der Waals surface area contributed by atoms with Crippen LogP contribution in [0.4, 0.5) is 11.4 Å². The first-order valence-corrected chi connectivity index (χ1v) is 9.80. The number of hydrogen-bond acceptors (Lipinski definition) is 5. The quantitative estimate of drug-likeness (QED) is 0.300. The van der Waals surface area contributed by atoms with Crippen LogP contribution in [0.25, 0.3) is 0 Å². The van der Waals surface area contributed by atoms with Gasteiger partial charge in [-0.2, -0.15) is 0 Å². The molecule has 1 saturated heterocycles. The Morgan fingerprint density at radius 3 is 1.96 bits per heavy atom. The first-order chi connectivity index (χ1) is 13.5. The number of ether oxygens (including phenoxy) is 1. The Kier molecular flexibility index (Phi) is 6.23. The molecule has 2 aliphatic heterocycles. The lowest BCUT2D eigenvalue weighted by Gasteiger charge is -2.47. The molecule has 4 rings (SSSR count). The Bertz CT molecular complexity index is 827. The first kappa shape index (κ1) is 20.6. The number of nitrogens with zero attached hydrogens (tertiary/aromatic N) is 1. The predicted molar refractivity (Wildman–Crippen MR) is 113 cm³/mol. The van der Waals surface area contributed by atoms with Crippen molar-refractivity contribution in [2.75, 3.05) is 24.7 Å². The summed E-state index contributed by atoms with van der Waals surface area (Å²) < 4.78 is 5.67. The lowest BCUT2D eigenvalue weighted by molar-refractivity contribution is 0.0629. The number of benzene rings is 2. The molecule has 0 aliphatic carbocycles. The van der Waals surface area contributed by atoms with E-state index < -0.39 is 0 Å². The van der Waals surface area contributed by atoms with Crippen molar-refractivity contribution >= 4 is 40.4 Å². The highest BCUT2D eigenvalue weighted by Crippen LogP contribution is 2.54. The molecule has 1 fully saturated rings. The highest BCUT2D eigenvalue weighted by Gasteiger charge is 2.44. The molecule has 2 aromatic rings. The number of hydrogen-bond donors (Lipinski definition) is 4. The van der Waals surface area contributed by atoms with E-state index in [-0.39, 0.29) is 11.3 Å². The number of halogens is 2. The van der Waals surface area contributed by atoms with E-state index in [4.69, 9.17) is 50.1 Å². The van der Waals surface area contributed by atoms with Gasteiger partial charge in [0, 0.05) is 53.0 Å². The van der Waals surface area contributed by atoms with E-state index in [2.05, 4.69) is 29.2 Å². The molecule has 0 amide bonds. The maximum absolute atomic E-state index is 7.63. The molecule has 0 unspecified atom stereocenters. The summed E-state index contributed by atoms with van der Waals surface area (Å²) >= 11 is 12.8. The van der Waals surface area contributed by atoms with Gasteiger partial charge in [-0.1, -0.05) is 23.2 Å². The Hall–Kier alpha value is -2.15. The molecule has 1 spiro atoms. The lowest BCUT2D eigenvalue weighted by Crippen LogP contribution is -2.41. The minimum Gasteiger partial charge on any atom is -0.388 e. The molecule has 0 atom stereocenters. The summed E-state index contributed by atoms with van der Waals surface area (Å²) in [5.74, 6) is 0.183. The van der Waals surface area contributed by atoms with Crippen molar-refractivity contribution in [1.29, 1.82) is 16.5 Å². The van der Waals surface area contributed by atoms with Crippen LogP contribution in [0, 0.1) is 16.5 Å². The average Bonchev–Trinajstić information content (AvgIpc) is 2.71. The molecule has 148 valence electrons. The summed E-state index contributed by atoms with van der Waals surface area (Å²) in [7, 11) is 0. The van der Waals surface area contributed by atoms with Gasteiger partial charge in [0.2, 0.25) is 0 Å². The van der Waals surface area contributed by atoms with Gasteiger partial charge in [0.15, 0.2) is 0 Å². The van der Waals surface area contributed by atoms with Crippen LogP contribution in [0.2, 0.25) is 10.0 Å². The van der Waals surface area contributed by atoms with Crippen LogP contribution < -0.4 is 10.6 Å². The largest absolute Gasteiger partial charge is 0.388 e. The molecule has 2 aliphatic rings. The van der Waals surface area contributed by atoms with Crippen LogP contribution in [0.3, 0.4) is 0 Å². The van der Waals surface area contributed by atoms with Gasteiger partial charge in [-0.3, -0.25) is 5.41 Å². The van der Waals surface area contributed by atoms with Gasteiger partial charge in [-0.15, -0.1) is 0 Å². The van der Waals surface area contributed by atoms with E-state index in [1.165, 1.54) is 11.1 Å². The fraction of sp³-hybridized carbons (Fsp3) is 0.350. The zero-order valence-electron chi connectivity index (χ0n) is 15.4. The van der Waals surface area contributed by atoms with Crippen LogP contribution in [0.15, 0.2) is 36.4 Å². The van der Waals surface area contributed by atoms with Crippen molar-refractivity contribution < 1.29 is 4.74 Å². The summed E-state index contributed by atoms with van der Waals surface area (Å²) in [6, 6.07) is 12.2. The number of amidine groups is 1. The van der Waals surface area contributed by atoms with Crippen molar-refractivity contribution in [3.05, 3.63) is 57.6 Å². The molecule has 0 bridgehead atoms. The fourth-order valence-corrected chi connectivity index (χ4v) is 4.60. The SMILES string of the molecule is N=C(N)CCN1c2ccc(Cl)cc2C2(CCOCC2)c2cc(Cl)ccc21.N=N. The van der Waals surface area contributed by atoms with Crippen molar-refractivity contribution in [2.24, 2.45) is 5.73 Å². The van der Waals surface area contributed by atoms with Crippen LogP contribution >= 0.6 is 23.2 Å². The second kappa shape index (κ2) is 8.47. The minimum atomic E-state index is -0.147. The Morgan fingerprint density at radius 1 is 1.00 bits per heavy atom. The van der Waals surface area contributed by atoms with E-state index in [0.29, 0.717) is 26.2 Å². The van der Waals surface area contributed by atoms with Crippen molar-refractivity contribution in [2.45, 2.75) is 24.7 Å². The number of anilines is 2. The molecule has 0 aromatic heterocycles. The molecule has 2 heterocycles. The molecule has 5 N–H and O–H groups in total. The van der Waals surface area contributed by atoms with E-state index >= 15 is 0 Å². The van der Waals surface area contributed by atoms with E-state index in [0.717, 1.165) is 34.3 Å². The Labute approximate surface area is 174 Å². The third-order valence-corrected chi connectivity index (χ3v) is 5.95. The van der Waals surface area contributed by atoms with E-state index in [1.807, 2.05) is 12.1 Å². The van der Waals surface area contributed by atoms with Crippen LogP contribution in [-0.2, 0) is 10.2 Å². The monoisotopic (exact) mass is 419 g/mol. The van der Waals surface area contributed by atoms with Crippen LogP contribution in [0.1, 0.15) is 30.4 Å². The molecule has 2 aromatic carbocycles. The molecular formula is C20H23Cl2N5O. The zero-order valence-corrected chi connectivity index (χ0v) is 16.9. The van der Waals surface area contributed by atoms with Crippen molar-refractivity contribution in [3.8, 4) is 0 Å². The van der Waals surface area contributed by atoms with Gasteiger partial charge >= 0.3 is 0 Å². The molecular weight excluding hydrogens is 397 g/mol. The number of nitrogens with two attached hydrogens (primary N) is 1. The van der Waals surface area contributed by atoms with Crippen LogP contribution in [-0.4, -0.2) is 25.6 Å². The molecule has 8 heteroatoms. The van der Waals surface area contributed by atoms with E-state index in [1.54, 1.807) is 0 Å². The van der Waals surface area contributed by atoms with Gasteiger partial charge in [-0.05, 0) is 60.4 Å². The maximum Gasteiger partial charge on any atom is 0.0923 e. The number of nitrogens with one attached hydrogen (secondary N) is 3. The van der Waals surface area contributed by atoms with Gasteiger partial charge in [0.25, 0.3) is 0 Å². The number of fused-ring (bicyclic) bond motifs is 4. The maximum atomic E-state index is 7.63. The smallest absolute Gasteiger partial charge is 0.0923 e. The molecule has 6 nitrogen and oxygen atoms in total. The fourth-order valence-electron chi connectivity index (χ4n) is 4.26. The number of rotatable bonds is 3. The Morgan fingerprint density at radius 2 is 1.50 bits per heavy atom. The average molecular weight is 420 g/mol. The second-order valence-corrected chi connectivity index (χ2v) is 7.82. The highest BCUT2D eigenvalue weighted by atomic mass is 35.5.